The highest BCUT2D eigenvalue weighted by molar-refractivity contribution is 5.65. The predicted molar refractivity (Wildman–Crippen MR) is 69.6 cm³/mol. The van der Waals surface area contributed by atoms with Gasteiger partial charge in [0.15, 0.2) is 0 Å². The van der Waals surface area contributed by atoms with Crippen molar-refractivity contribution in [1.82, 2.24) is 5.32 Å². The van der Waals surface area contributed by atoms with E-state index < -0.39 is 17.6 Å². The number of halogens is 4. The summed E-state index contributed by atoms with van der Waals surface area (Å²) in [6.45, 7) is 0.612. The highest BCUT2D eigenvalue weighted by Crippen LogP contribution is 2.34. The monoisotopic (exact) mass is 283 g/mol. The van der Waals surface area contributed by atoms with Gasteiger partial charge in [-0.1, -0.05) is 24.3 Å². The van der Waals surface area contributed by atoms with Gasteiger partial charge in [0.25, 0.3) is 0 Å². The van der Waals surface area contributed by atoms with Crippen LogP contribution in [0.5, 0.6) is 0 Å². The van der Waals surface area contributed by atoms with Crippen LogP contribution in [-0.4, -0.2) is 7.05 Å². The van der Waals surface area contributed by atoms with Gasteiger partial charge in [0.2, 0.25) is 0 Å². The fourth-order valence-corrected chi connectivity index (χ4v) is 1.99. The number of nitrogens with one attached hydrogen (secondary N) is 1. The number of rotatable bonds is 3. The van der Waals surface area contributed by atoms with Crippen molar-refractivity contribution in [3.8, 4) is 11.1 Å². The van der Waals surface area contributed by atoms with Crippen LogP contribution in [0.2, 0.25) is 0 Å². The molecule has 0 heterocycles. The van der Waals surface area contributed by atoms with Gasteiger partial charge in [0, 0.05) is 6.54 Å². The van der Waals surface area contributed by atoms with Gasteiger partial charge in [-0.2, -0.15) is 13.2 Å². The third kappa shape index (κ3) is 3.17. The minimum atomic E-state index is -4.69. The zero-order valence-corrected chi connectivity index (χ0v) is 10.8. The molecular formula is C15H13F4N. The highest BCUT2D eigenvalue weighted by atomic mass is 19.4. The van der Waals surface area contributed by atoms with Crippen LogP contribution in [-0.2, 0) is 12.7 Å². The van der Waals surface area contributed by atoms with E-state index >= 15 is 0 Å². The minimum absolute atomic E-state index is 0.344. The molecule has 2 rings (SSSR count). The molecule has 0 bridgehead atoms. The second-order valence-corrected chi connectivity index (χ2v) is 4.42. The first-order valence-electron chi connectivity index (χ1n) is 6.02. The van der Waals surface area contributed by atoms with E-state index in [1.54, 1.807) is 25.2 Å². The first-order valence-corrected chi connectivity index (χ1v) is 6.02. The molecular weight excluding hydrogens is 270 g/mol. The molecule has 0 aromatic heterocycles. The van der Waals surface area contributed by atoms with Gasteiger partial charge < -0.3 is 5.32 Å². The third-order valence-electron chi connectivity index (χ3n) is 2.91. The molecule has 0 atom stereocenters. The van der Waals surface area contributed by atoms with Crippen LogP contribution in [0.1, 0.15) is 11.1 Å². The Morgan fingerprint density at radius 3 is 2.35 bits per heavy atom. The second kappa shape index (κ2) is 5.63. The predicted octanol–water partition coefficient (Wildman–Crippen LogP) is 4.23. The summed E-state index contributed by atoms with van der Waals surface area (Å²) < 4.78 is 51.3. The van der Waals surface area contributed by atoms with E-state index in [0.29, 0.717) is 17.7 Å². The standard InChI is InChI=1S/C15H13F4N/c1-20-9-10-3-2-4-11(7-10)12-5-6-14(16)13(8-12)15(17,18)19/h2-8,20H,9H2,1H3. The van der Waals surface area contributed by atoms with Gasteiger partial charge in [0.1, 0.15) is 5.82 Å². The molecule has 0 saturated carbocycles. The molecule has 0 unspecified atom stereocenters. The van der Waals surface area contributed by atoms with Crippen LogP contribution in [0.4, 0.5) is 17.6 Å². The summed E-state index contributed by atoms with van der Waals surface area (Å²) in [5.74, 6) is -1.26. The van der Waals surface area contributed by atoms with E-state index in [2.05, 4.69) is 5.32 Å². The van der Waals surface area contributed by atoms with Crippen molar-refractivity contribution < 1.29 is 17.6 Å². The molecule has 1 nitrogen and oxygen atoms in total. The maximum atomic E-state index is 13.3. The molecule has 2 aromatic rings. The average molecular weight is 283 g/mol. The number of hydrogen-bond donors (Lipinski definition) is 1. The zero-order chi connectivity index (χ0) is 14.8. The Balaban J connectivity index is 2.45. The van der Waals surface area contributed by atoms with Crippen molar-refractivity contribution in [2.45, 2.75) is 12.7 Å². The van der Waals surface area contributed by atoms with Gasteiger partial charge in [0.05, 0.1) is 5.56 Å². The number of benzene rings is 2. The van der Waals surface area contributed by atoms with E-state index in [1.165, 1.54) is 6.07 Å². The van der Waals surface area contributed by atoms with Gasteiger partial charge in [-0.15, -0.1) is 0 Å². The van der Waals surface area contributed by atoms with Crippen LogP contribution in [0, 0.1) is 5.82 Å². The summed E-state index contributed by atoms with van der Waals surface area (Å²) in [6, 6.07) is 10.2. The van der Waals surface area contributed by atoms with Crippen molar-refractivity contribution in [2.75, 3.05) is 7.05 Å². The summed E-state index contributed by atoms with van der Waals surface area (Å²) in [6.07, 6.45) is -4.69. The Morgan fingerprint density at radius 2 is 1.70 bits per heavy atom. The Kier molecular flexibility index (Phi) is 4.09. The first kappa shape index (κ1) is 14.5. The zero-order valence-electron chi connectivity index (χ0n) is 10.8. The molecule has 0 spiro atoms. The number of hydrogen-bond acceptors (Lipinski definition) is 1. The Labute approximate surface area is 114 Å². The molecule has 0 aliphatic rings. The molecule has 5 heteroatoms. The maximum Gasteiger partial charge on any atom is 0.419 e. The SMILES string of the molecule is CNCc1cccc(-c2ccc(F)c(C(F)(F)F)c2)c1. The van der Waals surface area contributed by atoms with E-state index in [-0.39, 0.29) is 0 Å². The quantitative estimate of drug-likeness (QED) is 0.831. The lowest BCUT2D eigenvalue weighted by atomic mass is 10.0. The fourth-order valence-electron chi connectivity index (χ4n) is 1.99. The van der Waals surface area contributed by atoms with E-state index in [9.17, 15) is 17.6 Å². The summed E-state index contributed by atoms with van der Waals surface area (Å²) in [4.78, 5) is 0. The average Bonchev–Trinajstić information content (AvgIpc) is 2.38. The van der Waals surface area contributed by atoms with Crippen molar-refractivity contribution in [3.05, 3.63) is 59.4 Å². The molecule has 20 heavy (non-hydrogen) atoms. The summed E-state index contributed by atoms with van der Waals surface area (Å²) >= 11 is 0. The van der Waals surface area contributed by atoms with E-state index in [4.69, 9.17) is 0 Å². The van der Waals surface area contributed by atoms with E-state index in [1.807, 2.05) is 6.07 Å². The van der Waals surface area contributed by atoms with Gasteiger partial charge in [-0.05, 0) is 41.9 Å². The van der Waals surface area contributed by atoms with Gasteiger partial charge in [-0.25, -0.2) is 4.39 Å². The number of alkyl halides is 3. The smallest absolute Gasteiger partial charge is 0.316 e. The molecule has 106 valence electrons. The molecule has 0 radical (unpaired) electrons. The molecule has 0 fully saturated rings. The van der Waals surface area contributed by atoms with Crippen molar-refractivity contribution in [2.24, 2.45) is 0 Å². The first-order chi connectivity index (χ1) is 9.41. The van der Waals surface area contributed by atoms with Gasteiger partial charge in [-0.3, -0.25) is 0 Å². The van der Waals surface area contributed by atoms with Crippen LogP contribution >= 0.6 is 0 Å². The van der Waals surface area contributed by atoms with Crippen molar-refractivity contribution in [3.63, 3.8) is 0 Å². The molecule has 0 amide bonds. The summed E-state index contributed by atoms with van der Waals surface area (Å²) in [5.41, 5.74) is 0.678. The fraction of sp³-hybridized carbons (Fsp3) is 0.200. The Hall–Kier alpha value is -1.88. The lowest BCUT2D eigenvalue weighted by molar-refractivity contribution is -0.139. The Morgan fingerprint density at radius 1 is 1.00 bits per heavy atom. The molecule has 0 aliphatic carbocycles. The summed E-state index contributed by atoms with van der Waals surface area (Å²) in [7, 11) is 1.78. The minimum Gasteiger partial charge on any atom is -0.316 e. The van der Waals surface area contributed by atoms with E-state index in [0.717, 1.165) is 17.7 Å². The Bertz CT molecular complexity index is 605. The lowest BCUT2D eigenvalue weighted by Crippen LogP contribution is -2.08. The lowest BCUT2D eigenvalue weighted by Gasteiger charge is -2.11. The van der Waals surface area contributed by atoms with Crippen LogP contribution in [0.3, 0.4) is 0 Å². The molecule has 0 saturated heterocycles. The molecule has 1 N–H and O–H groups in total. The largest absolute Gasteiger partial charge is 0.419 e. The van der Waals surface area contributed by atoms with Crippen LogP contribution in [0.15, 0.2) is 42.5 Å². The maximum absolute atomic E-state index is 13.3. The normalized spacial score (nSPS) is 11.7. The van der Waals surface area contributed by atoms with Crippen molar-refractivity contribution in [1.29, 1.82) is 0 Å². The second-order valence-electron chi connectivity index (χ2n) is 4.42. The van der Waals surface area contributed by atoms with Gasteiger partial charge >= 0.3 is 6.18 Å². The molecule has 2 aromatic carbocycles. The molecule has 0 aliphatic heterocycles. The third-order valence-corrected chi connectivity index (χ3v) is 2.91. The van der Waals surface area contributed by atoms with Crippen LogP contribution < -0.4 is 5.32 Å². The highest BCUT2D eigenvalue weighted by Gasteiger charge is 2.34. The van der Waals surface area contributed by atoms with Crippen LogP contribution in [0.25, 0.3) is 11.1 Å². The van der Waals surface area contributed by atoms with Crippen molar-refractivity contribution >= 4 is 0 Å². The topological polar surface area (TPSA) is 12.0 Å². The summed E-state index contributed by atoms with van der Waals surface area (Å²) in [5, 5.41) is 2.97.